The first-order valence-corrected chi connectivity index (χ1v) is 11.9. The molecule has 5 rings (SSSR count). The molecule has 0 amide bonds. The third-order valence-electron chi connectivity index (χ3n) is 5.87. The van der Waals surface area contributed by atoms with Crippen LogP contribution in [0.3, 0.4) is 0 Å². The Morgan fingerprint density at radius 3 is 2.50 bits per heavy atom. The van der Waals surface area contributed by atoms with Crippen molar-refractivity contribution >= 4 is 20.9 Å². The molecule has 0 atom stereocenters. The van der Waals surface area contributed by atoms with Crippen molar-refractivity contribution in [1.29, 1.82) is 0 Å². The van der Waals surface area contributed by atoms with Crippen molar-refractivity contribution < 1.29 is 8.42 Å². The van der Waals surface area contributed by atoms with Crippen LogP contribution in [0.5, 0.6) is 0 Å². The third-order valence-corrected chi connectivity index (χ3v) is 7.00. The van der Waals surface area contributed by atoms with Gasteiger partial charge in [0, 0.05) is 48.3 Å². The minimum absolute atomic E-state index is 0.323. The number of rotatable bonds is 3. The highest BCUT2D eigenvalue weighted by atomic mass is 32.2. The zero-order valence-electron chi connectivity index (χ0n) is 17.0. The normalized spacial score (nSPS) is 14.7. The second kappa shape index (κ2) is 7.07. The van der Waals surface area contributed by atoms with Gasteiger partial charge in [0.1, 0.15) is 5.65 Å². The number of aromatic nitrogens is 2. The smallest absolute Gasteiger partial charge is 0.175 e. The van der Waals surface area contributed by atoms with E-state index in [2.05, 4.69) is 46.2 Å². The second-order valence-electron chi connectivity index (χ2n) is 8.09. The van der Waals surface area contributed by atoms with E-state index >= 15 is 0 Å². The van der Waals surface area contributed by atoms with Crippen LogP contribution in [0, 0.1) is 0 Å². The Morgan fingerprint density at radius 1 is 0.967 bits per heavy atom. The van der Waals surface area contributed by atoms with Crippen LogP contribution in [0.25, 0.3) is 33.3 Å². The molecule has 2 aromatic carbocycles. The van der Waals surface area contributed by atoms with Crippen LogP contribution >= 0.6 is 0 Å². The van der Waals surface area contributed by atoms with Gasteiger partial charge in [0.15, 0.2) is 9.84 Å². The van der Waals surface area contributed by atoms with Crippen molar-refractivity contribution in [2.45, 2.75) is 17.9 Å². The molecule has 1 N–H and O–H groups in total. The summed E-state index contributed by atoms with van der Waals surface area (Å²) in [6.45, 7) is 2.08. The van der Waals surface area contributed by atoms with Crippen molar-refractivity contribution in [3.8, 4) is 22.3 Å². The zero-order valence-corrected chi connectivity index (χ0v) is 17.8. The molecule has 4 aromatic rings. The maximum atomic E-state index is 11.7. The van der Waals surface area contributed by atoms with E-state index in [0.717, 1.165) is 52.8 Å². The Morgan fingerprint density at radius 2 is 1.73 bits per heavy atom. The number of nitrogens with one attached hydrogen (secondary N) is 1. The number of fused-ring (bicyclic) bond motifs is 2. The molecule has 6 heteroatoms. The maximum Gasteiger partial charge on any atom is 0.175 e. The molecule has 0 bridgehead atoms. The summed E-state index contributed by atoms with van der Waals surface area (Å²) in [5.74, 6) is 0. The number of likely N-dealkylation sites (N-methyl/N-ethyl adjacent to an activating group) is 1. The molecule has 0 saturated heterocycles. The second-order valence-corrected chi connectivity index (χ2v) is 10.1. The molecule has 2 aromatic heterocycles. The molecule has 5 nitrogen and oxygen atoms in total. The molecule has 0 aliphatic carbocycles. The van der Waals surface area contributed by atoms with Crippen LogP contribution in [-0.4, -0.2) is 43.1 Å². The maximum absolute atomic E-state index is 11.7. The van der Waals surface area contributed by atoms with E-state index in [1.165, 1.54) is 17.4 Å². The lowest BCUT2D eigenvalue weighted by atomic mass is 9.95. The Bertz CT molecular complexity index is 1360. The van der Waals surface area contributed by atoms with E-state index in [-0.39, 0.29) is 0 Å². The van der Waals surface area contributed by atoms with Crippen LogP contribution in [-0.2, 0) is 22.8 Å². The van der Waals surface area contributed by atoms with E-state index in [0.29, 0.717) is 4.90 Å². The number of nitrogens with zero attached hydrogens (tertiary/aromatic N) is 2. The lowest BCUT2D eigenvalue weighted by molar-refractivity contribution is 0.313. The van der Waals surface area contributed by atoms with E-state index in [4.69, 9.17) is 0 Å². The van der Waals surface area contributed by atoms with Crippen LogP contribution in [0.4, 0.5) is 0 Å². The topological polar surface area (TPSA) is 66.1 Å². The lowest BCUT2D eigenvalue weighted by Gasteiger charge is -2.25. The fourth-order valence-electron chi connectivity index (χ4n) is 4.16. The first-order chi connectivity index (χ1) is 14.4. The minimum Gasteiger partial charge on any atom is -0.346 e. The molecule has 3 heterocycles. The highest BCUT2D eigenvalue weighted by Gasteiger charge is 2.15. The average molecular weight is 418 g/mol. The van der Waals surface area contributed by atoms with Crippen LogP contribution in [0.2, 0.25) is 0 Å². The zero-order chi connectivity index (χ0) is 20.9. The fraction of sp³-hybridized carbons (Fsp3) is 0.208. The van der Waals surface area contributed by atoms with Crippen molar-refractivity contribution in [2.24, 2.45) is 0 Å². The summed E-state index contributed by atoms with van der Waals surface area (Å²) in [6.07, 6.45) is 6.15. The molecule has 30 heavy (non-hydrogen) atoms. The summed E-state index contributed by atoms with van der Waals surface area (Å²) in [5.41, 5.74) is 7.84. The summed E-state index contributed by atoms with van der Waals surface area (Å²) >= 11 is 0. The van der Waals surface area contributed by atoms with Gasteiger partial charge in [-0.3, -0.25) is 0 Å². The van der Waals surface area contributed by atoms with Gasteiger partial charge in [-0.25, -0.2) is 13.4 Å². The average Bonchev–Trinajstić information content (AvgIpc) is 3.16. The van der Waals surface area contributed by atoms with Gasteiger partial charge in [-0.2, -0.15) is 0 Å². The number of pyridine rings is 1. The summed E-state index contributed by atoms with van der Waals surface area (Å²) in [7, 11) is -1.05. The van der Waals surface area contributed by atoms with Gasteiger partial charge < -0.3 is 9.88 Å². The Kier molecular flexibility index (Phi) is 4.49. The first kappa shape index (κ1) is 19.0. The minimum atomic E-state index is -3.21. The van der Waals surface area contributed by atoms with Gasteiger partial charge in [-0.1, -0.05) is 24.3 Å². The van der Waals surface area contributed by atoms with Crippen molar-refractivity contribution in [3.05, 3.63) is 72.1 Å². The summed E-state index contributed by atoms with van der Waals surface area (Å²) in [4.78, 5) is 10.5. The van der Waals surface area contributed by atoms with Crippen molar-refractivity contribution in [3.63, 3.8) is 0 Å². The highest BCUT2D eigenvalue weighted by Crippen LogP contribution is 2.32. The van der Waals surface area contributed by atoms with Crippen LogP contribution in [0.15, 0.2) is 65.8 Å². The molecule has 0 unspecified atom stereocenters. The van der Waals surface area contributed by atoms with Gasteiger partial charge in [-0.05, 0) is 60.0 Å². The number of hydrogen-bond donors (Lipinski definition) is 1. The molecule has 1 aliphatic heterocycles. The highest BCUT2D eigenvalue weighted by molar-refractivity contribution is 7.90. The Balaban J connectivity index is 1.56. The van der Waals surface area contributed by atoms with Gasteiger partial charge in [-0.15, -0.1) is 0 Å². The summed E-state index contributed by atoms with van der Waals surface area (Å²) in [6, 6.07) is 15.9. The standard InChI is InChI=1S/C24H23N3O2S/c1-27-10-9-16-3-4-18(11-20(16)15-27)19-12-22-23(14-26-24(22)25-13-19)17-5-7-21(8-6-17)30(2,28)29/h3-8,11-14H,9-10,15H2,1-2H3,(H,25,26). The molecule has 1 aliphatic rings. The number of H-pyrrole nitrogens is 1. The molecule has 0 radical (unpaired) electrons. The lowest BCUT2D eigenvalue weighted by Crippen LogP contribution is -2.26. The third kappa shape index (κ3) is 3.42. The Hall–Kier alpha value is -2.96. The predicted octanol–water partition coefficient (Wildman–Crippen LogP) is 4.29. The number of sulfone groups is 1. The molecular weight excluding hydrogens is 394 g/mol. The summed E-state index contributed by atoms with van der Waals surface area (Å²) in [5, 5.41) is 1.02. The van der Waals surface area contributed by atoms with Crippen LogP contribution < -0.4 is 0 Å². The molecule has 0 saturated carbocycles. The van der Waals surface area contributed by atoms with E-state index in [9.17, 15) is 8.42 Å². The van der Waals surface area contributed by atoms with Crippen LogP contribution in [0.1, 0.15) is 11.1 Å². The summed E-state index contributed by atoms with van der Waals surface area (Å²) < 4.78 is 23.5. The largest absolute Gasteiger partial charge is 0.346 e. The van der Waals surface area contributed by atoms with Gasteiger partial charge in [0.25, 0.3) is 0 Å². The molecule has 0 fully saturated rings. The molecule has 152 valence electrons. The van der Waals surface area contributed by atoms with Gasteiger partial charge >= 0.3 is 0 Å². The molecular formula is C24H23N3O2S. The predicted molar refractivity (Wildman–Crippen MR) is 120 cm³/mol. The monoisotopic (exact) mass is 417 g/mol. The quantitative estimate of drug-likeness (QED) is 0.540. The van der Waals surface area contributed by atoms with Gasteiger partial charge in [0.2, 0.25) is 0 Å². The van der Waals surface area contributed by atoms with Crippen molar-refractivity contribution in [2.75, 3.05) is 19.8 Å². The van der Waals surface area contributed by atoms with E-state index in [1.54, 1.807) is 12.1 Å². The van der Waals surface area contributed by atoms with E-state index < -0.39 is 9.84 Å². The SMILES string of the molecule is CN1CCc2ccc(-c3cnc4[nH]cc(-c5ccc(S(C)(=O)=O)cc5)c4c3)cc2C1. The first-order valence-electron chi connectivity index (χ1n) is 9.97. The molecule has 0 spiro atoms. The number of aromatic amines is 1. The van der Waals surface area contributed by atoms with Crippen molar-refractivity contribution in [1.82, 2.24) is 14.9 Å². The van der Waals surface area contributed by atoms with Gasteiger partial charge in [0.05, 0.1) is 4.90 Å². The number of benzene rings is 2. The van der Waals surface area contributed by atoms with E-state index in [1.807, 2.05) is 24.5 Å². The number of hydrogen-bond acceptors (Lipinski definition) is 4. The Labute approximate surface area is 176 Å². The fourth-order valence-corrected chi connectivity index (χ4v) is 4.79.